The van der Waals surface area contributed by atoms with Gasteiger partial charge < -0.3 is 0 Å². The molecule has 0 aromatic heterocycles. The summed E-state index contributed by atoms with van der Waals surface area (Å²) in [6, 6.07) is 0. The van der Waals surface area contributed by atoms with Crippen LogP contribution in [0.3, 0.4) is 0 Å². The van der Waals surface area contributed by atoms with Crippen LogP contribution in [-0.4, -0.2) is 13.3 Å². The summed E-state index contributed by atoms with van der Waals surface area (Å²) in [7, 11) is 1.60. The highest BCUT2D eigenvalue weighted by molar-refractivity contribution is 5.71. The van der Waals surface area contributed by atoms with Gasteiger partial charge in [0, 0.05) is 0 Å². The van der Waals surface area contributed by atoms with Crippen LogP contribution in [-0.2, 0) is 0 Å². The molecule has 0 amide bonds. The molecule has 3 nitrogen and oxygen atoms in total. The first-order chi connectivity index (χ1) is 7.88. The molecule has 1 aliphatic rings. The van der Waals surface area contributed by atoms with Gasteiger partial charge >= 0.3 is 0 Å². The van der Waals surface area contributed by atoms with E-state index in [0.717, 1.165) is 11.8 Å². The van der Waals surface area contributed by atoms with E-state index >= 15 is 0 Å². The van der Waals surface area contributed by atoms with Gasteiger partial charge in [0.1, 0.15) is 0 Å². The molecule has 1 rings (SSSR count). The smallest absolute Gasteiger partial charge is 0.0513 e. The van der Waals surface area contributed by atoms with E-state index < -0.39 is 0 Å². The Morgan fingerprint density at radius 1 is 1.19 bits per heavy atom. The molecule has 2 unspecified atom stereocenters. The highest BCUT2D eigenvalue weighted by atomic mass is 15.3. The summed E-state index contributed by atoms with van der Waals surface area (Å²) >= 11 is 0. The van der Waals surface area contributed by atoms with Crippen molar-refractivity contribution in [1.82, 2.24) is 0 Å². The van der Waals surface area contributed by atoms with Crippen LogP contribution in [0.25, 0.3) is 0 Å². The van der Waals surface area contributed by atoms with Gasteiger partial charge in [-0.2, -0.15) is 5.11 Å². The number of hydrogen-bond acceptors (Lipinski definition) is 2. The zero-order valence-electron chi connectivity index (χ0n) is 10.2. The average molecular weight is 219 g/mol. The molecular formula is C13H21N3. The predicted octanol–water partition coefficient (Wildman–Crippen LogP) is 3.99. The zero-order valence-corrected chi connectivity index (χ0v) is 10.2. The summed E-state index contributed by atoms with van der Waals surface area (Å²) in [5.74, 6) is 1.96. The quantitative estimate of drug-likeness (QED) is 0.269. The third-order valence-electron chi connectivity index (χ3n) is 2.82. The second-order valence-electron chi connectivity index (χ2n) is 4.15. The Bertz CT molecular complexity index is 290. The van der Waals surface area contributed by atoms with Gasteiger partial charge in [0.25, 0.3) is 0 Å². The molecule has 1 saturated carbocycles. The standard InChI is InChI=1S/C13H21N3/c1-3-8-12-11-13(12)9-6-4-5-7-10-15-16-14-2/h4-7,10,12-13H,3,8-9,11H2,1-2H3/b6-4+,7-5+,15-10+,16-14?. The number of nitrogens with zero attached hydrogens (tertiary/aromatic N) is 3. The van der Waals surface area contributed by atoms with E-state index in [1.54, 1.807) is 13.3 Å². The Morgan fingerprint density at radius 3 is 2.81 bits per heavy atom. The van der Waals surface area contributed by atoms with E-state index in [-0.39, 0.29) is 0 Å². The van der Waals surface area contributed by atoms with Crippen molar-refractivity contribution in [2.24, 2.45) is 27.3 Å². The SMILES string of the molecule is CCCC1CC1C/C=C/C=C/C=N/N=NC. The van der Waals surface area contributed by atoms with E-state index in [4.69, 9.17) is 0 Å². The first kappa shape index (κ1) is 12.8. The van der Waals surface area contributed by atoms with Crippen molar-refractivity contribution in [2.45, 2.75) is 32.6 Å². The lowest BCUT2D eigenvalue weighted by molar-refractivity contribution is 0.637. The lowest BCUT2D eigenvalue weighted by atomic mass is 10.1. The van der Waals surface area contributed by atoms with Gasteiger partial charge in [0.15, 0.2) is 0 Å². The molecule has 1 aliphatic carbocycles. The van der Waals surface area contributed by atoms with Crippen LogP contribution >= 0.6 is 0 Å². The maximum Gasteiger partial charge on any atom is 0.0513 e. The first-order valence-electron chi connectivity index (χ1n) is 6.02. The fraction of sp³-hybridized carbons (Fsp3) is 0.615. The molecule has 2 atom stereocenters. The lowest BCUT2D eigenvalue weighted by Gasteiger charge is -1.92. The molecule has 0 aromatic carbocycles. The third-order valence-corrected chi connectivity index (χ3v) is 2.82. The molecule has 0 spiro atoms. The Hall–Kier alpha value is -1.25. The molecule has 88 valence electrons. The Balaban J connectivity index is 2.05. The van der Waals surface area contributed by atoms with Crippen molar-refractivity contribution in [3.8, 4) is 0 Å². The van der Waals surface area contributed by atoms with Crippen LogP contribution in [0.15, 0.2) is 39.7 Å². The maximum atomic E-state index is 3.68. The molecule has 3 heteroatoms. The Kier molecular flexibility index (Phi) is 6.38. The fourth-order valence-corrected chi connectivity index (χ4v) is 1.89. The minimum Gasteiger partial charge on any atom is -0.172 e. The van der Waals surface area contributed by atoms with Crippen LogP contribution in [0, 0.1) is 11.8 Å². The molecule has 0 aromatic rings. The Labute approximate surface area is 98.0 Å². The summed E-state index contributed by atoms with van der Waals surface area (Å²) in [5, 5.41) is 10.7. The normalized spacial score (nSPS) is 25.6. The summed E-state index contributed by atoms with van der Waals surface area (Å²) in [5.41, 5.74) is 0. The highest BCUT2D eigenvalue weighted by Gasteiger charge is 2.34. The summed E-state index contributed by atoms with van der Waals surface area (Å²) < 4.78 is 0. The van der Waals surface area contributed by atoms with Gasteiger partial charge in [0.05, 0.1) is 13.3 Å². The van der Waals surface area contributed by atoms with E-state index in [2.05, 4.69) is 34.5 Å². The van der Waals surface area contributed by atoms with Crippen molar-refractivity contribution in [3.05, 3.63) is 24.3 Å². The molecule has 0 N–H and O–H groups in total. The van der Waals surface area contributed by atoms with Crippen molar-refractivity contribution in [2.75, 3.05) is 7.05 Å². The second-order valence-corrected chi connectivity index (χ2v) is 4.15. The minimum atomic E-state index is 0.951. The fourth-order valence-electron chi connectivity index (χ4n) is 1.89. The van der Waals surface area contributed by atoms with E-state index in [1.807, 2.05) is 12.2 Å². The summed E-state index contributed by atoms with van der Waals surface area (Å²) in [6.45, 7) is 2.26. The van der Waals surface area contributed by atoms with Crippen LogP contribution < -0.4 is 0 Å². The molecule has 0 aliphatic heterocycles. The largest absolute Gasteiger partial charge is 0.172 e. The Morgan fingerprint density at radius 2 is 2.06 bits per heavy atom. The van der Waals surface area contributed by atoms with Gasteiger partial charge in [-0.15, -0.1) is 5.10 Å². The number of rotatable bonds is 7. The average Bonchev–Trinajstić information content (AvgIpc) is 3.01. The van der Waals surface area contributed by atoms with Gasteiger partial charge in [-0.1, -0.05) is 38.0 Å². The zero-order chi connectivity index (χ0) is 11.6. The van der Waals surface area contributed by atoms with Gasteiger partial charge in [-0.25, -0.2) is 0 Å². The molecule has 0 saturated heterocycles. The second kappa shape index (κ2) is 7.97. The number of hydrogen-bond donors (Lipinski definition) is 0. The first-order valence-corrected chi connectivity index (χ1v) is 6.02. The van der Waals surface area contributed by atoms with Crippen molar-refractivity contribution in [3.63, 3.8) is 0 Å². The van der Waals surface area contributed by atoms with Crippen LogP contribution in [0.1, 0.15) is 32.6 Å². The third kappa shape index (κ3) is 5.59. The van der Waals surface area contributed by atoms with Crippen LogP contribution in [0.5, 0.6) is 0 Å². The van der Waals surface area contributed by atoms with E-state index in [0.29, 0.717) is 0 Å². The molecule has 0 heterocycles. The maximum absolute atomic E-state index is 3.68. The van der Waals surface area contributed by atoms with E-state index in [9.17, 15) is 0 Å². The monoisotopic (exact) mass is 219 g/mol. The van der Waals surface area contributed by atoms with Gasteiger partial charge in [-0.3, -0.25) is 0 Å². The highest BCUT2D eigenvalue weighted by Crippen LogP contribution is 2.44. The van der Waals surface area contributed by atoms with Crippen molar-refractivity contribution in [1.29, 1.82) is 0 Å². The molecule has 0 bridgehead atoms. The molecule has 1 fully saturated rings. The minimum absolute atomic E-state index is 0.951. The number of allylic oxidation sites excluding steroid dienone is 4. The molecule has 16 heavy (non-hydrogen) atoms. The lowest BCUT2D eigenvalue weighted by Crippen LogP contribution is -1.79. The van der Waals surface area contributed by atoms with Gasteiger partial charge in [0.2, 0.25) is 0 Å². The van der Waals surface area contributed by atoms with Crippen LogP contribution in [0.4, 0.5) is 0 Å². The summed E-state index contributed by atoms with van der Waals surface area (Å²) in [6.07, 6.45) is 15.2. The molecular weight excluding hydrogens is 198 g/mol. The van der Waals surface area contributed by atoms with Crippen molar-refractivity contribution < 1.29 is 0 Å². The predicted molar refractivity (Wildman–Crippen MR) is 68.7 cm³/mol. The topological polar surface area (TPSA) is 37.1 Å². The summed E-state index contributed by atoms with van der Waals surface area (Å²) in [4.78, 5) is 0. The van der Waals surface area contributed by atoms with Gasteiger partial charge in [-0.05, 0) is 36.0 Å². The van der Waals surface area contributed by atoms with Crippen molar-refractivity contribution >= 4 is 6.21 Å². The molecule has 0 radical (unpaired) electrons. The van der Waals surface area contributed by atoms with Crippen LogP contribution in [0.2, 0.25) is 0 Å². The van der Waals surface area contributed by atoms with E-state index in [1.165, 1.54) is 25.7 Å².